The Labute approximate surface area is 126 Å². The van der Waals surface area contributed by atoms with E-state index in [0.29, 0.717) is 11.1 Å². The molecule has 0 fully saturated rings. The minimum absolute atomic E-state index is 0.598. The third-order valence-corrected chi connectivity index (χ3v) is 4.30. The molecular formula is C14H15BrN2OS. The standard InChI is InChI=1S/C14H15BrN2OS/c1-3-10-13(15)14(19)17-12(16-10)8-9-6-4-5-7-11(9)18-2/h4-7H,3,8H2,1-2H3,(H,16,17,19). The highest BCUT2D eigenvalue weighted by Crippen LogP contribution is 2.21. The number of nitrogens with zero attached hydrogens (tertiary/aromatic N) is 1. The topological polar surface area (TPSA) is 37.9 Å². The first-order valence-electron chi connectivity index (χ1n) is 6.05. The molecule has 0 saturated carbocycles. The zero-order valence-electron chi connectivity index (χ0n) is 10.9. The molecule has 19 heavy (non-hydrogen) atoms. The molecule has 0 aliphatic heterocycles. The van der Waals surface area contributed by atoms with Crippen molar-refractivity contribution >= 4 is 28.1 Å². The van der Waals surface area contributed by atoms with E-state index in [-0.39, 0.29) is 0 Å². The second-order valence-corrected chi connectivity index (χ2v) is 5.30. The van der Waals surface area contributed by atoms with Crippen LogP contribution < -0.4 is 4.74 Å². The summed E-state index contributed by atoms with van der Waals surface area (Å²) in [5.41, 5.74) is 2.16. The van der Waals surface area contributed by atoms with Gasteiger partial charge in [0.15, 0.2) is 0 Å². The molecule has 1 aromatic heterocycles. The maximum atomic E-state index is 5.35. The number of aromatic amines is 1. The van der Waals surface area contributed by atoms with E-state index >= 15 is 0 Å². The largest absolute Gasteiger partial charge is 0.496 e. The van der Waals surface area contributed by atoms with Crippen LogP contribution in [0.15, 0.2) is 28.7 Å². The number of hydrogen-bond donors (Lipinski definition) is 1. The lowest BCUT2D eigenvalue weighted by molar-refractivity contribution is 0.410. The van der Waals surface area contributed by atoms with Crippen molar-refractivity contribution in [1.82, 2.24) is 9.97 Å². The number of hydrogen-bond acceptors (Lipinski definition) is 3. The maximum absolute atomic E-state index is 5.35. The number of aryl methyl sites for hydroxylation is 1. The van der Waals surface area contributed by atoms with Crippen LogP contribution in [0.25, 0.3) is 0 Å². The molecule has 0 aliphatic rings. The Bertz CT molecular complexity index is 640. The minimum atomic E-state index is 0.598. The van der Waals surface area contributed by atoms with Gasteiger partial charge < -0.3 is 9.72 Å². The maximum Gasteiger partial charge on any atom is 0.144 e. The van der Waals surface area contributed by atoms with E-state index in [1.807, 2.05) is 24.3 Å². The normalized spacial score (nSPS) is 10.5. The fourth-order valence-electron chi connectivity index (χ4n) is 1.91. The van der Waals surface area contributed by atoms with Crippen LogP contribution in [0, 0.1) is 4.64 Å². The molecule has 2 aromatic rings. The molecule has 0 amide bonds. The van der Waals surface area contributed by atoms with E-state index < -0.39 is 0 Å². The van der Waals surface area contributed by atoms with Gasteiger partial charge in [0.25, 0.3) is 0 Å². The van der Waals surface area contributed by atoms with Crippen LogP contribution in [0.1, 0.15) is 24.0 Å². The predicted molar refractivity (Wildman–Crippen MR) is 82.3 cm³/mol. The molecular weight excluding hydrogens is 324 g/mol. The van der Waals surface area contributed by atoms with Gasteiger partial charge in [0.2, 0.25) is 0 Å². The summed E-state index contributed by atoms with van der Waals surface area (Å²) in [6.07, 6.45) is 1.56. The Hall–Kier alpha value is -1.20. The van der Waals surface area contributed by atoms with Gasteiger partial charge >= 0.3 is 0 Å². The number of halogens is 1. The fourth-order valence-corrected chi connectivity index (χ4v) is 2.62. The molecule has 3 nitrogen and oxygen atoms in total. The molecule has 1 N–H and O–H groups in total. The Balaban J connectivity index is 2.38. The van der Waals surface area contributed by atoms with E-state index in [4.69, 9.17) is 17.0 Å². The van der Waals surface area contributed by atoms with Crippen LogP contribution >= 0.6 is 28.1 Å². The van der Waals surface area contributed by atoms with Crippen molar-refractivity contribution in [3.63, 3.8) is 0 Å². The summed E-state index contributed by atoms with van der Waals surface area (Å²) in [5.74, 6) is 1.72. The first-order valence-corrected chi connectivity index (χ1v) is 7.25. The zero-order valence-corrected chi connectivity index (χ0v) is 13.3. The van der Waals surface area contributed by atoms with Crippen molar-refractivity contribution in [2.75, 3.05) is 7.11 Å². The average Bonchev–Trinajstić information content (AvgIpc) is 2.43. The molecule has 1 aromatic carbocycles. The van der Waals surface area contributed by atoms with Crippen LogP contribution in [-0.2, 0) is 12.8 Å². The highest BCUT2D eigenvalue weighted by molar-refractivity contribution is 9.10. The lowest BCUT2D eigenvalue weighted by atomic mass is 10.1. The highest BCUT2D eigenvalue weighted by atomic mass is 79.9. The molecule has 0 saturated heterocycles. The Kier molecular flexibility index (Phi) is 4.71. The predicted octanol–water partition coefficient (Wildman–Crippen LogP) is 4.06. The van der Waals surface area contributed by atoms with Crippen LogP contribution in [0.4, 0.5) is 0 Å². The number of rotatable bonds is 4. The first-order chi connectivity index (χ1) is 9.15. The molecule has 5 heteroatoms. The summed E-state index contributed by atoms with van der Waals surface area (Å²) in [6.45, 7) is 2.08. The van der Waals surface area contributed by atoms with Crippen LogP contribution in [-0.4, -0.2) is 17.1 Å². The SMILES string of the molecule is CCc1[nH]c(Cc2ccccc2OC)nc(=S)c1Br. The molecule has 1 heterocycles. The summed E-state index contributed by atoms with van der Waals surface area (Å²) in [4.78, 5) is 7.73. The van der Waals surface area contributed by atoms with Crippen molar-refractivity contribution < 1.29 is 4.74 Å². The molecule has 0 aliphatic carbocycles. The van der Waals surface area contributed by atoms with Crippen molar-refractivity contribution in [3.05, 3.63) is 50.5 Å². The zero-order chi connectivity index (χ0) is 13.8. The van der Waals surface area contributed by atoms with Crippen molar-refractivity contribution in [1.29, 1.82) is 0 Å². The van der Waals surface area contributed by atoms with Crippen LogP contribution in [0.3, 0.4) is 0 Å². The number of H-pyrrole nitrogens is 1. The molecule has 0 radical (unpaired) electrons. The van der Waals surface area contributed by atoms with E-state index in [2.05, 4.69) is 32.8 Å². The summed E-state index contributed by atoms with van der Waals surface area (Å²) in [7, 11) is 1.67. The summed E-state index contributed by atoms with van der Waals surface area (Å²) in [5, 5.41) is 0. The average molecular weight is 339 g/mol. The third-order valence-electron chi connectivity index (χ3n) is 2.89. The smallest absolute Gasteiger partial charge is 0.144 e. The number of nitrogens with one attached hydrogen (secondary N) is 1. The number of methoxy groups -OCH3 is 1. The van der Waals surface area contributed by atoms with Gasteiger partial charge in [-0.2, -0.15) is 0 Å². The highest BCUT2D eigenvalue weighted by Gasteiger charge is 2.08. The summed E-state index contributed by atoms with van der Waals surface area (Å²) in [6, 6.07) is 7.93. The Morgan fingerprint density at radius 2 is 2.11 bits per heavy atom. The molecule has 2 rings (SSSR count). The van der Waals surface area contributed by atoms with Gasteiger partial charge in [0.1, 0.15) is 16.2 Å². The van der Waals surface area contributed by atoms with E-state index in [0.717, 1.165) is 33.7 Å². The summed E-state index contributed by atoms with van der Waals surface area (Å²) < 4.78 is 6.83. The van der Waals surface area contributed by atoms with Gasteiger partial charge in [-0.05, 0) is 28.4 Å². The van der Waals surface area contributed by atoms with Crippen molar-refractivity contribution in [3.8, 4) is 5.75 Å². The van der Waals surface area contributed by atoms with Crippen LogP contribution in [0.5, 0.6) is 5.75 Å². The third kappa shape index (κ3) is 3.22. The number of aromatic nitrogens is 2. The molecule has 100 valence electrons. The van der Waals surface area contributed by atoms with Gasteiger partial charge in [-0.3, -0.25) is 0 Å². The van der Waals surface area contributed by atoms with E-state index in [9.17, 15) is 0 Å². The molecule has 0 unspecified atom stereocenters. The molecule has 0 bridgehead atoms. The number of para-hydroxylation sites is 1. The Morgan fingerprint density at radius 3 is 2.79 bits per heavy atom. The second kappa shape index (κ2) is 6.30. The van der Waals surface area contributed by atoms with Gasteiger partial charge in [-0.15, -0.1) is 0 Å². The minimum Gasteiger partial charge on any atom is -0.496 e. The van der Waals surface area contributed by atoms with Gasteiger partial charge in [0, 0.05) is 17.7 Å². The van der Waals surface area contributed by atoms with Crippen molar-refractivity contribution in [2.24, 2.45) is 0 Å². The van der Waals surface area contributed by atoms with Gasteiger partial charge in [-0.25, -0.2) is 4.98 Å². The molecule has 0 atom stereocenters. The van der Waals surface area contributed by atoms with Gasteiger partial charge in [0.05, 0.1) is 11.6 Å². The first kappa shape index (κ1) is 14.2. The Morgan fingerprint density at radius 1 is 1.37 bits per heavy atom. The lowest BCUT2D eigenvalue weighted by Gasteiger charge is -2.10. The van der Waals surface area contributed by atoms with E-state index in [1.165, 1.54) is 0 Å². The second-order valence-electron chi connectivity index (χ2n) is 4.12. The quantitative estimate of drug-likeness (QED) is 0.854. The number of ether oxygens (including phenoxy) is 1. The van der Waals surface area contributed by atoms with Crippen LogP contribution in [0.2, 0.25) is 0 Å². The fraction of sp³-hybridized carbons (Fsp3) is 0.286. The number of benzene rings is 1. The lowest BCUT2D eigenvalue weighted by Crippen LogP contribution is -2.03. The van der Waals surface area contributed by atoms with E-state index in [1.54, 1.807) is 7.11 Å². The monoisotopic (exact) mass is 338 g/mol. The molecule has 0 spiro atoms. The summed E-state index contributed by atoms with van der Waals surface area (Å²) >= 11 is 8.73. The van der Waals surface area contributed by atoms with Crippen molar-refractivity contribution in [2.45, 2.75) is 19.8 Å². The van der Waals surface area contributed by atoms with Gasteiger partial charge in [-0.1, -0.05) is 37.3 Å².